The fraction of sp³-hybridized carbons (Fsp3) is 0.421. The highest BCUT2D eigenvalue weighted by Gasteiger charge is 2.27. The highest BCUT2D eigenvalue weighted by Crippen LogP contribution is 2.11. The molecular weight excluding hydrogens is 304 g/mol. The number of furan rings is 1. The van der Waals surface area contributed by atoms with E-state index in [-0.39, 0.29) is 11.9 Å². The molecule has 2 heterocycles. The Labute approximate surface area is 142 Å². The number of hydrogen-bond donors (Lipinski definition) is 1. The fourth-order valence-corrected chi connectivity index (χ4v) is 2.96. The summed E-state index contributed by atoms with van der Waals surface area (Å²) < 4.78 is 11.0. The third-order valence-electron chi connectivity index (χ3n) is 4.17. The predicted octanol–water partition coefficient (Wildman–Crippen LogP) is 2.23. The van der Waals surface area contributed by atoms with Crippen LogP contribution in [-0.4, -0.2) is 42.6 Å². The Morgan fingerprint density at radius 3 is 2.88 bits per heavy atom. The van der Waals surface area contributed by atoms with Gasteiger partial charge in [-0.25, -0.2) is 0 Å². The van der Waals surface area contributed by atoms with Crippen molar-refractivity contribution >= 4 is 5.91 Å². The Hall–Kier alpha value is -2.11. The summed E-state index contributed by atoms with van der Waals surface area (Å²) in [5.41, 5.74) is 1.25. The van der Waals surface area contributed by atoms with Gasteiger partial charge < -0.3 is 14.5 Å². The van der Waals surface area contributed by atoms with Gasteiger partial charge in [0.15, 0.2) is 0 Å². The number of nitrogens with zero attached hydrogens (tertiary/aromatic N) is 1. The largest absolute Gasteiger partial charge is 0.469 e. The summed E-state index contributed by atoms with van der Waals surface area (Å²) in [5, 5.41) is 3.02. The Bertz CT molecular complexity index is 627. The molecule has 1 aliphatic heterocycles. The second-order valence-corrected chi connectivity index (χ2v) is 6.27. The van der Waals surface area contributed by atoms with Gasteiger partial charge in [-0.15, -0.1) is 0 Å². The van der Waals surface area contributed by atoms with E-state index in [9.17, 15) is 4.79 Å². The molecule has 1 aromatic carbocycles. The molecule has 128 valence electrons. The molecule has 2 aromatic rings. The fourth-order valence-electron chi connectivity index (χ4n) is 2.96. The Kier molecular flexibility index (Phi) is 5.67. The first kappa shape index (κ1) is 16.7. The van der Waals surface area contributed by atoms with Crippen molar-refractivity contribution in [3.8, 4) is 0 Å². The molecule has 1 aromatic heterocycles. The molecule has 1 fully saturated rings. The van der Waals surface area contributed by atoms with Crippen molar-refractivity contribution in [1.29, 1.82) is 0 Å². The van der Waals surface area contributed by atoms with Gasteiger partial charge in [0, 0.05) is 32.1 Å². The van der Waals surface area contributed by atoms with E-state index in [1.54, 1.807) is 6.26 Å². The summed E-state index contributed by atoms with van der Waals surface area (Å²) in [7, 11) is 0. The third-order valence-corrected chi connectivity index (χ3v) is 4.17. The SMILES string of the molecule is C[C@@H](Cc1ccco1)NC(=O)[C@H]1CN(Cc2ccccc2)CCO1. The van der Waals surface area contributed by atoms with Crippen molar-refractivity contribution in [2.24, 2.45) is 0 Å². The average Bonchev–Trinajstić information content (AvgIpc) is 3.09. The molecule has 5 heteroatoms. The molecule has 3 rings (SSSR count). The molecule has 0 unspecified atom stereocenters. The van der Waals surface area contributed by atoms with E-state index in [1.165, 1.54) is 5.56 Å². The maximum atomic E-state index is 12.4. The number of hydrogen-bond acceptors (Lipinski definition) is 4. The second kappa shape index (κ2) is 8.13. The monoisotopic (exact) mass is 328 g/mol. The normalized spacial score (nSPS) is 19.8. The van der Waals surface area contributed by atoms with Crippen molar-refractivity contribution in [1.82, 2.24) is 10.2 Å². The lowest BCUT2D eigenvalue weighted by molar-refractivity contribution is -0.139. The van der Waals surface area contributed by atoms with E-state index >= 15 is 0 Å². The second-order valence-electron chi connectivity index (χ2n) is 6.27. The van der Waals surface area contributed by atoms with Crippen LogP contribution in [0.1, 0.15) is 18.2 Å². The Balaban J connectivity index is 1.49. The number of ether oxygens (including phenoxy) is 1. The van der Waals surface area contributed by atoms with Gasteiger partial charge in [-0.1, -0.05) is 30.3 Å². The summed E-state index contributed by atoms with van der Waals surface area (Å²) in [6, 6.07) is 14.1. The van der Waals surface area contributed by atoms with Gasteiger partial charge in [-0.05, 0) is 24.6 Å². The molecule has 1 N–H and O–H groups in total. The maximum Gasteiger partial charge on any atom is 0.250 e. The maximum absolute atomic E-state index is 12.4. The van der Waals surface area contributed by atoms with E-state index in [1.807, 2.05) is 37.3 Å². The van der Waals surface area contributed by atoms with Crippen LogP contribution in [0.5, 0.6) is 0 Å². The average molecular weight is 328 g/mol. The summed E-state index contributed by atoms with van der Waals surface area (Å²) in [4.78, 5) is 14.7. The number of nitrogens with one attached hydrogen (secondary N) is 1. The van der Waals surface area contributed by atoms with Crippen LogP contribution in [0.2, 0.25) is 0 Å². The van der Waals surface area contributed by atoms with Gasteiger partial charge in [0.2, 0.25) is 0 Å². The summed E-state index contributed by atoms with van der Waals surface area (Å²) in [6.45, 7) is 4.87. The summed E-state index contributed by atoms with van der Waals surface area (Å²) in [6.07, 6.45) is 1.91. The van der Waals surface area contributed by atoms with E-state index in [2.05, 4.69) is 22.3 Å². The molecular formula is C19H24N2O3. The van der Waals surface area contributed by atoms with Crippen LogP contribution in [0.3, 0.4) is 0 Å². The standard InChI is InChI=1S/C19H24N2O3/c1-15(12-17-8-5-10-23-17)20-19(22)18-14-21(9-11-24-18)13-16-6-3-2-4-7-16/h2-8,10,15,18H,9,11-14H2,1H3,(H,20,22)/t15-,18+/m0/s1. The minimum absolute atomic E-state index is 0.0109. The molecule has 0 spiro atoms. The van der Waals surface area contributed by atoms with Gasteiger partial charge in [0.05, 0.1) is 12.9 Å². The molecule has 24 heavy (non-hydrogen) atoms. The quantitative estimate of drug-likeness (QED) is 0.883. The van der Waals surface area contributed by atoms with E-state index < -0.39 is 6.10 Å². The molecule has 0 aliphatic carbocycles. The predicted molar refractivity (Wildman–Crippen MR) is 91.5 cm³/mol. The minimum Gasteiger partial charge on any atom is -0.469 e. The number of benzene rings is 1. The molecule has 1 saturated heterocycles. The third kappa shape index (κ3) is 4.69. The molecule has 0 saturated carbocycles. The first-order valence-corrected chi connectivity index (χ1v) is 8.41. The van der Waals surface area contributed by atoms with Crippen LogP contribution in [0.15, 0.2) is 53.1 Å². The lowest BCUT2D eigenvalue weighted by atomic mass is 10.1. The van der Waals surface area contributed by atoms with Crippen molar-refractivity contribution in [3.05, 3.63) is 60.1 Å². The molecule has 2 atom stereocenters. The minimum atomic E-state index is -0.415. The topological polar surface area (TPSA) is 54.7 Å². The van der Waals surface area contributed by atoms with Gasteiger partial charge in [0.25, 0.3) is 5.91 Å². The number of morpholine rings is 1. The highest BCUT2D eigenvalue weighted by molar-refractivity contribution is 5.81. The Morgan fingerprint density at radius 1 is 1.29 bits per heavy atom. The van der Waals surface area contributed by atoms with Gasteiger partial charge in [-0.2, -0.15) is 0 Å². The van der Waals surface area contributed by atoms with Crippen molar-refractivity contribution in [3.63, 3.8) is 0 Å². The molecule has 1 aliphatic rings. The number of carbonyl (C=O) groups excluding carboxylic acids is 1. The lowest BCUT2D eigenvalue weighted by Crippen LogP contribution is -2.51. The van der Waals surface area contributed by atoms with E-state index in [0.29, 0.717) is 19.6 Å². The first-order valence-electron chi connectivity index (χ1n) is 8.41. The summed E-state index contributed by atoms with van der Waals surface area (Å²) >= 11 is 0. The van der Waals surface area contributed by atoms with Gasteiger partial charge in [0.1, 0.15) is 11.9 Å². The van der Waals surface area contributed by atoms with Crippen molar-refractivity contribution < 1.29 is 13.9 Å². The zero-order chi connectivity index (χ0) is 16.8. The molecule has 5 nitrogen and oxygen atoms in total. The summed E-state index contributed by atoms with van der Waals surface area (Å²) in [5.74, 6) is 0.824. The van der Waals surface area contributed by atoms with E-state index in [0.717, 1.165) is 18.8 Å². The molecule has 0 bridgehead atoms. The Morgan fingerprint density at radius 2 is 2.12 bits per heavy atom. The van der Waals surface area contributed by atoms with Crippen molar-refractivity contribution in [2.75, 3.05) is 19.7 Å². The highest BCUT2D eigenvalue weighted by atomic mass is 16.5. The number of rotatable bonds is 6. The zero-order valence-corrected chi connectivity index (χ0v) is 14.0. The van der Waals surface area contributed by atoms with Gasteiger partial charge in [-0.3, -0.25) is 9.69 Å². The first-order chi connectivity index (χ1) is 11.7. The van der Waals surface area contributed by atoms with Crippen LogP contribution in [0, 0.1) is 0 Å². The van der Waals surface area contributed by atoms with E-state index in [4.69, 9.17) is 9.15 Å². The van der Waals surface area contributed by atoms with Crippen LogP contribution in [-0.2, 0) is 22.5 Å². The van der Waals surface area contributed by atoms with Crippen LogP contribution < -0.4 is 5.32 Å². The van der Waals surface area contributed by atoms with Crippen LogP contribution >= 0.6 is 0 Å². The number of carbonyl (C=O) groups is 1. The van der Waals surface area contributed by atoms with Crippen LogP contribution in [0.25, 0.3) is 0 Å². The number of amides is 1. The van der Waals surface area contributed by atoms with Crippen molar-refractivity contribution in [2.45, 2.75) is 32.0 Å². The molecule has 0 radical (unpaired) electrons. The van der Waals surface area contributed by atoms with Crippen LogP contribution in [0.4, 0.5) is 0 Å². The molecule has 1 amide bonds. The van der Waals surface area contributed by atoms with Gasteiger partial charge >= 0.3 is 0 Å². The lowest BCUT2D eigenvalue weighted by Gasteiger charge is -2.32. The zero-order valence-electron chi connectivity index (χ0n) is 14.0. The smallest absolute Gasteiger partial charge is 0.250 e.